The summed E-state index contributed by atoms with van der Waals surface area (Å²) in [7, 11) is 0. The molecule has 0 saturated carbocycles. The van der Waals surface area contributed by atoms with Crippen molar-refractivity contribution in [2.75, 3.05) is 13.2 Å². The number of unbranched alkanes of at least 4 members (excludes halogenated alkanes) is 36. The fourth-order valence-electron chi connectivity index (χ4n) is 9.85. The molecule has 0 rings (SSSR count). The molecule has 0 N–H and O–H groups in total. The van der Waals surface area contributed by atoms with Crippen molar-refractivity contribution >= 4 is 17.9 Å². The van der Waals surface area contributed by atoms with Crippen LogP contribution >= 0.6 is 0 Å². The van der Waals surface area contributed by atoms with E-state index in [2.05, 4.69) is 118 Å². The van der Waals surface area contributed by atoms with Crippen molar-refractivity contribution in [1.82, 2.24) is 0 Å². The Labute approximate surface area is 502 Å². The number of esters is 3. The molecule has 466 valence electrons. The molecule has 1 atom stereocenters. The minimum atomic E-state index is -0.786. The van der Waals surface area contributed by atoms with Crippen LogP contribution in [0.2, 0.25) is 0 Å². The van der Waals surface area contributed by atoms with Gasteiger partial charge in [-0.3, -0.25) is 14.4 Å². The summed E-state index contributed by atoms with van der Waals surface area (Å²) in [6.07, 6.45) is 92.8. The van der Waals surface area contributed by atoms with E-state index in [0.717, 1.165) is 109 Å². The van der Waals surface area contributed by atoms with E-state index < -0.39 is 6.10 Å². The van der Waals surface area contributed by atoms with Gasteiger partial charge >= 0.3 is 17.9 Å². The van der Waals surface area contributed by atoms with E-state index in [1.807, 2.05) is 0 Å². The molecule has 81 heavy (non-hydrogen) atoms. The first-order valence-electron chi connectivity index (χ1n) is 34.7. The average molecular weight is 1130 g/mol. The van der Waals surface area contributed by atoms with Crippen LogP contribution in [-0.4, -0.2) is 37.2 Å². The molecule has 0 aromatic carbocycles. The van der Waals surface area contributed by atoms with Gasteiger partial charge in [0.05, 0.1) is 0 Å². The molecule has 0 radical (unpaired) electrons. The van der Waals surface area contributed by atoms with Gasteiger partial charge in [-0.15, -0.1) is 0 Å². The predicted octanol–water partition coefficient (Wildman–Crippen LogP) is 24.0. The van der Waals surface area contributed by atoms with Gasteiger partial charge in [-0.1, -0.05) is 298 Å². The van der Waals surface area contributed by atoms with E-state index in [0.29, 0.717) is 19.3 Å². The normalized spacial score (nSPS) is 12.7. The highest BCUT2D eigenvalue weighted by molar-refractivity contribution is 5.71. The fraction of sp³-hybridized carbons (Fsp3) is 0.747. The van der Waals surface area contributed by atoms with Crippen LogP contribution < -0.4 is 0 Å². The number of hydrogen-bond donors (Lipinski definition) is 0. The standard InChI is InChI=1S/C75H130O6/c1-4-7-10-13-16-19-22-25-28-30-31-32-33-34-35-36-37-38-39-40-41-42-43-45-47-50-53-56-59-62-65-68-74(77)80-71-72(70-79-73(76)67-64-61-58-55-52-49-46-27-24-21-18-15-12-9-6-3)81-75(78)69-66-63-60-57-54-51-48-44-29-26-23-20-17-14-11-8-5-2/h7,10,16,18-19,21,25-29,31-32,34-35,46,72H,4-6,8-9,11-15,17,20,22-24,30,33,36-45,47-71H2,1-3H3/b10-7-,19-16-,21-18-,28-25-,29-26-,32-31-,35-34-,46-27-. The Morgan fingerprint density at radius 3 is 0.790 bits per heavy atom. The van der Waals surface area contributed by atoms with E-state index in [4.69, 9.17) is 14.2 Å². The van der Waals surface area contributed by atoms with E-state index in [9.17, 15) is 14.4 Å². The molecule has 0 aliphatic rings. The molecule has 0 bridgehead atoms. The third kappa shape index (κ3) is 67.0. The van der Waals surface area contributed by atoms with Crippen LogP contribution in [0.3, 0.4) is 0 Å². The summed E-state index contributed by atoms with van der Waals surface area (Å²) >= 11 is 0. The first-order valence-corrected chi connectivity index (χ1v) is 34.7. The summed E-state index contributed by atoms with van der Waals surface area (Å²) in [5.41, 5.74) is 0. The second-order valence-electron chi connectivity index (χ2n) is 23.1. The van der Waals surface area contributed by atoms with E-state index in [1.54, 1.807) is 0 Å². The predicted molar refractivity (Wildman–Crippen MR) is 353 cm³/mol. The topological polar surface area (TPSA) is 78.9 Å². The van der Waals surface area contributed by atoms with Gasteiger partial charge in [0.2, 0.25) is 0 Å². The van der Waals surface area contributed by atoms with Gasteiger partial charge in [-0.05, 0) is 122 Å². The van der Waals surface area contributed by atoms with Crippen molar-refractivity contribution in [2.45, 2.75) is 348 Å². The number of carbonyl (C=O) groups is 3. The monoisotopic (exact) mass is 1130 g/mol. The third-order valence-corrected chi connectivity index (χ3v) is 15.0. The number of carbonyl (C=O) groups excluding carboxylic acids is 3. The first-order chi connectivity index (χ1) is 40.0. The molecule has 0 fully saturated rings. The molecule has 0 aliphatic heterocycles. The number of hydrogen-bond acceptors (Lipinski definition) is 6. The van der Waals surface area contributed by atoms with Crippen LogP contribution in [0.4, 0.5) is 0 Å². The average Bonchev–Trinajstić information content (AvgIpc) is 3.47. The highest BCUT2D eigenvalue weighted by atomic mass is 16.6. The molecular formula is C75H130O6. The number of rotatable bonds is 63. The SMILES string of the molecule is CC/C=C\C/C=C\C/C=C\C/C=C\C/C=C\CCCCCCCCCCCCCCCCCC(=O)OCC(COC(=O)CCCCCCC/C=C\C/C=C\CCCCC)OC(=O)CCCCCCCCC/C=C\CCCCCCCC. The summed E-state index contributed by atoms with van der Waals surface area (Å²) in [6, 6.07) is 0. The molecule has 0 aromatic heterocycles. The van der Waals surface area contributed by atoms with Gasteiger partial charge in [-0.2, -0.15) is 0 Å². The van der Waals surface area contributed by atoms with E-state index in [-0.39, 0.29) is 31.1 Å². The van der Waals surface area contributed by atoms with E-state index in [1.165, 1.54) is 193 Å². The van der Waals surface area contributed by atoms with Gasteiger partial charge in [0.1, 0.15) is 13.2 Å². The first kappa shape index (κ1) is 77.3. The largest absolute Gasteiger partial charge is 0.462 e. The fourth-order valence-corrected chi connectivity index (χ4v) is 9.85. The summed E-state index contributed by atoms with van der Waals surface area (Å²) in [4.78, 5) is 38.4. The maximum atomic E-state index is 12.9. The zero-order chi connectivity index (χ0) is 58.5. The van der Waals surface area contributed by atoms with Crippen LogP contribution in [0, 0.1) is 0 Å². The number of ether oxygens (including phenoxy) is 3. The highest BCUT2D eigenvalue weighted by Gasteiger charge is 2.19. The zero-order valence-corrected chi connectivity index (χ0v) is 53.5. The molecule has 0 aliphatic carbocycles. The minimum Gasteiger partial charge on any atom is -0.462 e. The van der Waals surface area contributed by atoms with Crippen LogP contribution in [0.15, 0.2) is 97.2 Å². The Balaban J connectivity index is 4.25. The Hall–Kier alpha value is -3.67. The lowest BCUT2D eigenvalue weighted by Gasteiger charge is -2.18. The van der Waals surface area contributed by atoms with Crippen LogP contribution in [-0.2, 0) is 28.6 Å². The van der Waals surface area contributed by atoms with Crippen molar-refractivity contribution in [3.05, 3.63) is 97.2 Å². The van der Waals surface area contributed by atoms with Crippen LogP contribution in [0.5, 0.6) is 0 Å². The zero-order valence-electron chi connectivity index (χ0n) is 53.5. The number of allylic oxidation sites excluding steroid dienone is 16. The second kappa shape index (κ2) is 68.8. The Bertz CT molecular complexity index is 1580. The smallest absolute Gasteiger partial charge is 0.306 e. The molecule has 0 aromatic rings. The quantitative estimate of drug-likeness (QED) is 0.0261. The molecule has 0 spiro atoms. The maximum absolute atomic E-state index is 12.9. The van der Waals surface area contributed by atoms with Crippen molar-refractivity contribution in [2.24, 2.45) is 0 Å². The molecule has 1 unspecified atom stereocenters. The van der Waals surface area contributed by atoms with Crippen LogP contribution in [0.25, 0.3) is 0 Å². The maximum Gasteiger partial charge on any atom is 0.306 e. The summed E-state index contributed by atoms with van der Waals surface area (Å²) in [5.74, 6) is -0.885. The van der Waals surface area contributed by atoms with Crippen molar-refractivity contribution < 1.29 is 28.6 Å². The van der Waals surface area contributed by atoms with Gasteiger partial charge in [0.25, 0.3) is 0 Å². The lowest BCUT2D eigenvalue weighted by molar-refractivity contribution is -0.167. The van der Waals surface area contributed by atoms with Gasteiger partial charge in [-0.25, -0.2) is 0 Å². The van der Waals surface area contributed by atoms with Gasteiger partial charge in [0.15, 0.2) is 6.10 Å². The minimum absolute atomic E-state index is 0.0811. The lowest BCUT2D eigenvalue weighted by Crippen LogP contribution is -2.30. The van der Waals surface area contributed by atoms with Gasteiger partial charge < -0.3 is 14.2 Å². The molecule has 6 nitrogen and oxygen atoms in total. The second-order valence-corrected chi connectivity index (χ2v) is 23.1. The molecule has 0 heterocycles. The molecule has 0 saturated heterocycles. The van der Waals surface area contributed by atoms with Crippen LogP contribution in [0.1, 0.15) is 342 Å². The van der Waals surface area contributed by atoms with Gasteiger partial charge in [0, 0.05) is 19.3 Å². The molecule has 6 heteroatoms. The van der Waals surface area contributed by atoms with Crippen molar-refractivity contribution in [3.63, 3.8) is 0 Å². The Morgan fingerprint density at radius 1 is 0.259 bits per heavy atom. The van der Waals surface area contributed by atoms with Crippen molar-refractivity contribution in [1.29, 1.82) is 0 Å². The molecule has 0 amide bonds. The molecular weight excluding hydrogens is 997 g/mol. The third-order valence-electron chi connectivity index (χ3n) is 15.0. The Kier molecular flexibility index (Phi) is 65.7. The lowest BCUT2D eigenvalue weighted by atomic mass is 10.0. The summed E-state index contributed by atoms with van der Waals surface area (Å²) < 4.78 is 17.0. The Morgan fingerprint density at radius 2 is 0.481 bits per heavy atom. The summed E-state index contributed by atoms with van der Waals surface area (Å²) in [5, 5.41) is 0. The summed E-state index contributed by atoms with van der Waals surface area (Å²) in [6.45, 7) is 6.52. The van der Waals surface area contributed by atoms with Crippen molar-refractivity contribution in [3.8, 4) is 0 Å². The van der Waals surface area contributed by atoms with E-state index >= 15 is 0 Å². The highest BCUT2D eigenvalue weighted by Crippen LogP contribution is 2.17.